The number of rotatable bonds is 1. The molecule has 92 valence electrons. The fraction of sp³-hybridized carbons (Fsp3) is 1.00. The molecule has 0 radical (unpaired) electrons. The Bertz CT molecular complexity index is 146. The maximum Gasteiger partial charge on any atom is 0.0688 e. The molecular weight excluding hydrogens is 204 g/mol. The molecule has 0 N–H and O–H groups in total. The topological polar surface area (TPSA) is 9.23 Å². The largest absolute Gasteiger partial charge is 0.376 e. The van der Waals surface area contributed by atoms with Crippen molar-refractivity contribution in [3.8, 4) is 0 Å². The molecule has 1 saturated heterocycles. The van der Waals surface area contributed by atoms with Crippen molar-refractivity contribution >= 4 is 11.8 Å². The minimum atomic E-state index is 0.500. The Balaban J connectivity index is 0.000000336. The summed E-state index contributed by atoms with van der Waals surface area (Å²) in [6, 6.07) is 0. The molecule has 2 heteroatoms. The van der Waals surface area contributed by atoms with Crippen LogP contribution in [0.4, 0.5) is 0 Å². The first-order chi connectivity index (χ1) is 6.70. The molecule has 0 spiro atoms. The van der Waals surface area contributed by atoms with E-state index in [1.54, 1.807) is 0 Å². The van der Waals surface area contributed by atoms with Crippen molar-refractivity contribution in [3.63, 3.8) is 0 Å². The maximum absolute atomic E-state index is 5.63. The van der Waals surface area contributed by atoms with E-state index in [-0.39, 0.29) is 0 Å². The number of hydrogen-bond acceptors (Lipinski definition) is 2. The SMILES string of the molecule is CC(C)(C)C.CC1COC(C(C)C)CS1. The van der Waals surface area contributed by atoms with E-state index in [9.17, 15) is 0 Å². The third-order valence-electron chi connectivity index (χ3n) is 1.83. The Morgan fingerprint density at radius 3 is 1.93 bits per heavy atom. The molecule has 0 amide bonds. The van der Waals surface area contributed by atoms with Crippen molar-refractivity contribution < 1.29 is 4.74 Å². The van der Waals surface area contributed by atoms with E-state index in [4.69, 9.17) is 4.74 Å². The van der Waals surface area contributed by atoms with Gasteiger partial charge in [0.15, 0.2) is 0 Å². The van der Waals surface area contributed by atoms with Gasteiger partial charge in [0.1, 0.15) is 0 Å². The number of ether oxygens (including phenoxy) is 1. The van der Waals surface area contributed by atoms with Gasteiger partial charge in [-0.15, -0.1) is 0 Å². The average molecular weight is 232 g/mol. The van der Waals surface area contributed by atoms with Crippen LogP contribution in [-0.2, 0) is 4.74 Å². The molecule has 2 unspecified atom stereocenters. The number of thioether (sulfide) groups is 1. The summed E-state index contributed by atoms with van der Waals surface area (Å²) in [5, 5.41) is 0.704. The molecule has 1 fully saturated rings. The van der Waals surface area contributed by atoms with E-state index >= 15 is 0 Å². The molecule has 0 aromatic rings. The third kappa shape index (κ3) is 10.6. The molecule has 1 nitrogen and oxygen atoms in total. The van der Waals surface area contributed by atoms with E-state index in [1.807, 2.05) is 11.8 Å². The molecule has 2 atom stereocenters. The summed E-state index contributed by atoms with van der Waals surface area (Å²) in [4.78, 5) is 0. The molecule has 0 aromatic carbocycles. The standard InChI is InChI=1S/C8H16OS.C5H12/c1-6(2)8-5-10-7(3)4-9-8;1-5(2,3)4/h6-8H,4-5H2,1-3H3;1-4H3. The highest BCUT2D eigenvalue weighted by atomic mass is 32.2. The minimum Gasteiger partial charge on any atom is -0.376 e. The molecule has 0 bridgehead atoms. The summed E-state index contributed by atoms with van der Waals surface area (Å²) in [6.07, 6.45) is 0.501. The van der Waals surface area contributed by atoms with E-state index in [0.29, 0.717) is 22.7 Å². The minimum absolute atomic E-state index is 0.500. The Morgan fingerprint density at radius 1 is 1.20 bits per heavy atom. The summed E-state index contributed by atoms with van der Waals surface area (Å²) < 4.78 is 5.63. The molecule has 1 rings (SSSR count). The van der Waals surface area contributed by atoms with Gasteiger partial charge in [-0.2, -0.15) is 11.8 Å². The van der Waals surface area contributed by atoms with Gasteiger partial charge in [-0.25, -0.2) is 0 Å². The van der Waals surface area contributed by atoms with E-state index in [1.165, 1.54) is 5.75 Å². The van der Waals surface area contributed by atoms with E-state index in [2.05, 4.69) is 48.5 Å². The zero-order chi connectivity index (χ0) is 12.1. The highest BCUT2D eigenvalue weighted by molar-refractivity contribution is 8.00. The molecule has 0 aromatic heterocycles. The molecule has 0 saturated carbocycles. The third-order valence-corrected chi connectivity index (χ3v) is 3.06. The highest BCUT2D eigenvalue weighted by Gasteiger charge is 2.21. The zero-order valence-electron chi connectivity index (χ0n) is 11.5. The van der Waals surface area contributed by atoms with Crippen LogP contribution in [0.25, 0.3) is 0 Å². The summed E-state index contributed by atoms with van der Waals surface area (Å²) in [7, 11) is 0. The molecule has 15 heavy (non-hydrogen) atoms. The van der Waals surface area contributed by atoms with Crippen LogP contribution in [0.3, 0.4) is 0 Å². The van der Waals surface area contributed by atoms with Crippen LogP contribution in [0.15, 0.2) is 0 Å². The molecule has 1 heterocycles. The van der Waals surface area contributed by atoms with Crippen molar-refractivity contribution in [1.29, 1.82) is 0 Å². The second-order valence-corrected chi connectivity index (χ2v) is 7.73. The van der Waals surface area contributed by atoms with Crippen molar-refractivity contribution in [1.82, 2.24) is 0 Å². The second-order valence-electron chi connectivity index (χ2n) is 6.26. The van der Waals surface area contributed by atoms with Crippen LogP contribution in [-0.4, -0.2) is 23.7 Å². The van der Waals surface area contributed by atoms with Gasteiger partial charge in [0.25, 0.3) is 0 Å². The van der Waals surface area contributed by atoms with Gasteiger partial charge in [0.2, 0.25) is 0 Å². The lowest BCUT2D eigenvalue weighted by Gasteiger charge is -2.28. The van der Waals surface area contributed by atoms with E-state index in [0.717, 1.165) is 6.61 Å². The van der Waals surface area contributed by atoms with Crippen molar-refractivity contribution in [2.24, 2.45) is 11.3 Å². The lowest BCUT2D eigenvalue weighted by molar-refractivity contribution is 0.0346. The van der Waals surface area contributed by atoms with Gasteiger partial charge in [-0.1, -0.05) is 48.5 Å². The van der Waals surface area contributed by atoms with Crippen molar-refractivity contribution in [2.45, 2.75) is 59.8 Å². The predicted molar refractivity (Wildman–Crippen MR) is 71.6 cm³/mol. The van der Waals surface area contributed by atoms with Crippen LogP contribution in [0.5, 0.6) is 0 Å². The van der Waals surface area contributed by atoms with Crippen LogP contribution >= 0.6 is 11.8 Å². The first kappa shape index (κ1) is 15.3. The molecule has 1 aliphatic rings. The Hall–Kier alpha value is 0.310. The lowest BCUT2D eigenvalue weighted by Crippen LogP contribution is -2.31. The van der Waals surface area contributed by atoms with Gasteiger partial charge in [0.05, 0.1) is 12.7 Å². The zero-order valence-corrected chi connectivity index (χ0v) is 12.3. The van der Waals surface area contributed by atoms with E-state index < -0.39 is 0 Å². The fourth-order valence-electron chi connectivity index (χ4n) is 0.999. The van der Waals surface area contributed by atoms with Gasteiger partial charge in [0, 0.05) is 11.0 Å². The first-order valence-electron chi connectivity index (χ1n) is 5.93. The van der Waals surface area contributed by atoms with Gasteiger partial charge in [-0.3, -0.25) is 0 Å². The summed E-state index contributed by atoms with van der Waals surface area (Å²) in [6.45, 7) is 16.4. The van der Waals surface area contributed by atoms with Crippen LogP contribution in [0.2, 0.25) is 0 Å². The normalized spacial score (nSPS) is 27.2. The van der Waals surface area contributed by atoms with Crippen LogP contribution in [0.1, 0.15) is 48.5 Å². The Kier molecular flexibility index (Phi) is 6.94. The monoisotopic (exact) mass is 232 g/mol. The second kappa shape index (κ2) is 6.80. The van der Waals surface area contributed by atoms with Crippen molar-refractivity contribution in [2.75, 3.05) is 12.4 Å². The predicted octanol–water partition coefficient (Wildman–Crippen LogP) is 4.22. The molecule has 1 aliphatic heterocycles. The fourth-order valence-corrected chi connectivity index (χ4v) is 2.17. The van der Waals surface area contributed by atoms with Crippen LogP contribution in [0, 0.1) is 11.3 Å². The summed E-state index contributed by atoms with van der Waals surface area (Å²) in [5.74, 6) is 1.86. The smallest absolute Gasteiger partial charge is 0.0688 e. The highest BCUT2D eigenvalue weighted by Crippen LogP contribution is 2.23. The van der Waals surface area contributed by atoms with Gasteiger partial charge < -0.3 is 4.74 Å². The first-order valence-corrected chi connectivity index (χ1v) is 6.98. The Morgan fingerprint density at radius 2 is 1.67 bits per heavy atom. The van der Waals surface area contributed by atoms with Crippen LogP contribution < -0.4 is 0 Å². The average Bonchev–Trinajstić information content (AvgIpc) is 2.01. The van der Waals surface area contributed by atoms with Crippen molar-refractivity contribution in [3.05, 3.63) is 0 Å². The maximum atomic E-state index is 5.63. The quantitative estimate of drug-likeness (QED) is 0.669. The Labute approximate surface area is 100 Å². The summed E-state index contributed by atoms with van der Waals surface area (Å²) >= 11 is 2.03. The lowest BCUT2D eigenvalue weighted by atomic mass is 10.0. The summed E-state index contributed by atoms with van der Waals surface area (Å²) in [5.41, 5.74) is 0.500. The van der Waals surface area contributed by atoms with Gasteiger partial charge >= 0.3 is 0 Å². The van der Waals surface area contributed by atoms with Gasteiger partial charge in [-0.05, 0) is 11.3 Å². The molecular formula is C13H28OS. The number of hydrogen-bond donors (Lipinski definition) is 0. The molecule has 0 aliphatic carbocycles.